The number of rotatable bonds is 11. The van der Waals surface area contributed by atoms with Crippen molar-refractivity contribution in [2.45, 2.75) is 65.8 Å². The number of aryl methyl sites for hydroxylation is 3. The molecule has 8 nitrogen and oxygen atoms in total. The van der Waals surface area contributed by atoms with Crippen LogP contribution < -0.4 is 5.32 Å². The number of esters is 1. The summed E-state index contributed by atoms with van der Waals surface area (Å²) in [5, 5.41) is 11.9. The first-order valence-electron chi connectivity index (χ1n) is 13.9. The fourth-order valence-electron chi connectivity index (χ4n) is 5.33. The predicted octanol–water partition coefficient (Wildman–Crippen LogP) is 5.51. The number of fused-ring (bicyclic) bond motifs is 1. The zero-order valence-electron chi connectivity index (χ0n) is 23.9. The van der Waals surface area contributed by atoms with Crippen LogP contribution in [0.4, 0.5) is 0 Å². The van der Waals surface area contributed by atoms with Crippen molar-refractivity contribution in [2.75, 3.05) is 19.8 Å². The monoisotopic (exact) mass is 531 g/mol. The average Bonchev–Trinajstić information content (AvgIpc) is 3.31. The van der Waals surface area contributed by atoms with Crippen molar-refractivity contribution >= 4 is 22.7 Å². The predicted molar refractivity (Wildman–Crippen MR) is 155 cm³/mol. The lowest BCUT2D eigenvalue weighted by atomic mass is 9.84. The number of aromatic nitrogens is 3. The van der Waals surface area contributed by atoms with E-state index in [4.69, 9.17) is 9.47 Å². The molecule has 0 saturated carbocycles. The Morgan fingerprint density at radius 3 is 2.82 bits per heavy atom. The molecule has 1 fully saturated rings. The molecule has 1 aliphatic heterocycles. The second-order valence-corrected chi connectivity index (χ2v) is 10.4. The minimum atomic E-state index is -0.210. The maximum absolute atomic E-state index is 12.7. The third-order valence-electron chi connectivity index (χ3n) is 7.61. The van der Waals surface area contributed by atoms with Gasteiger partial charge < -0.3 is 14.8 Å². The van der Waals surface area contributed by atoms with E-state index in [-0.39, 0.29) is 18.3 Å². The van der Waals surface area contributed by atoms with Gasteiger partial charge in [0.25, 0.3) is 0 Å². The number of carbonyl (C=O) groups is 1. The van der Waals surface area contributed by atoms with Gasteiger partial charge in [-0.15, -0.1) is 5.10 Å². The summed E-state index contributed by atoms with van der Waals surface area (Å²) in [7, 11) is 1.89. The molecule has 39 heavy (non-hydrogen) atoms. The molecule has 4 rings (SSSR count). The van der Waals surface area contributed by atoms with Gasteiger partial charge in [-0.3, -0.25) is 9.79 Å². The summed E-state index contributed by atoms with van der Waals surface area (Å²) in [6, 6.07) is 10.6. The van der Waals surface area contributed by atoms with Crippen molar-refractivity contribution in [2.24, 2.45) is 18.0 Å². The van der Waals surface area contributed by atoms with Gasteiger partial charge in [0, 0.05) is 50.8 Å². The minimum absolute atomic E-state index is 0.150. The fourth-order valence-corrected chi connectivity index (χ4v) is 5.33. The molecule has 208 valence electrons. The molecule has 0 aliphatic carbocycles. The molecule has 1 saturated heterocycles. The fraction of sp³-hybridized carbons (Fsp3) is 0.484. The first kappa shape index (κ1) is 28.5. The molecule has 0 amide bonds. The molecule has 2 aromatic carbocycles. The van der Waals surface area contributed by atoms with Crippen LogP contribution in [-0.4, -0.2) is 46.5 Å². The van der Waals surface area contributed by atoms with Crippen molar-refractivity contribution in [3.8, 4) is 0 Å². The Morgan fingerprint density at radius 2 is 2.05 bits per heavy atom. The Balaban J connectivity index is 1.50. The maximum atomic E-state index is 12.7. The van der Waals surface area contributed by atoms with Crippen LogP contribution in [0.5, 0.6) is 0 Å². The topological polar surface area (TPSA) is 90.6 Å². The SMILES string of the molecule is CCOC(=O)CC(c1ccc(C)c(CN/C=C\N=C(C)CC2CCOCC2)c1)c1ccc2c(nnn2C)c1C. The first-order chi connectivity index (χ1) is 18.9. The summed E-state index contributed by atoms with van der Waals surface area (Å²) < 4.78 is 12.6. The molecule has 0 radical (unpaired) electrons. The summed E-state index contributed by atoms with van der Waals surface area (Å²) in [5.41, 5.74) is 8.51. The zero-order chi connectivity index (χ0) is 27.8. The number of aliphatic imine (C=N–C) groups is 1. The van der Waals surface area contributed by atoms with Crippen LogP contribution in [0.15, 0.2) is 47.7 Å². The van der Waals surface area contributed by atoms with Crippen LogP contribution in [-0.2, 0) is 27.9 Å². The summed E-state index contributed by atoms with van der Waals surface area (Å²) in [5.74, 6) is 0.316. The van der Waals surface area contributed by atoms with E-state index >= 15 is 0 Å². The second-order valence-electron chi connectivity index (χ2n) is 10.4. The van der Waals surface area contributed by atoms with E-state index in [0.29, 0.717) is 19.1 Å². The van der Waals surface area contributed by atoms with Gasteiger partial charge in [0.05, 0.1) is 18.5 Å². The Kier molecular flexibility index (Phi) is 9.87. The number of benzene rings is 2. The Morgan fingerprint density at radius 1 is 1.26 bits per heavy atom. The van der Waals surface area contributed by atoms with Crippen molar-refractivity contribution in [1.29, 1.82) is 0 Å². The third kappa shape index (κ3) is 7.32. The standard InChI is InChI=1S/C31H41N5O3/c1-6-39-30(37)19-28(27-9-10-29-31(23(27)4)34-35-36(29)5)25-8-7-21(2)26(18-25)20-32-13-14-33-22(3)17-24-11-15-38-16-12-24/h7-10,13-14,18,24,28,32H,6,11-12,15-17,19-20H2,1-5H3/b14-13-,33-22?. The summed E-state index contributed by atoms with van der Waals surface area (Å²) >= 11 is 0. The summed E-state index contributed by atoms with van der Waals surface area (Å²) in [4.78, 5) is 17.3. The number of ether oxygens (including phenoxy) is 2. The van der Waals surface area contributed by atoms with Crippen LogP contribution in [0.2, 0.25) is 0 Å². The van der Waals surface area contributed by atoms with E-state index in [2.05, 4.69) is 65.7 Å². The van der Waals surface area contributed by atoms with Crippen molar-refractivity contribution in [3.05, 3.63) is 70.5 Å². The van der Waals surface area contributed by atoms with E-state index in [1.165, 1.54) is 11.1 Å². The third-order valence-corrected chi connectivity index (χ3v) is 7.61. The van der Waals surface area contributed by atoms with Crippen LogP contribution in [0, 0.1) is 19.8 Å². The Labute approximate surface area is 231 Å². The van der Waals surface area contributed by atoms with Crippen molar-refractivity contribution in [1.82, 2.24) is 20.3 Å². The number of nitrogens with one attached hydrogen (secondary N) is 1. The lowest BCUT2D eigenvalue weighted by Crippen LogP contribution is -2.17. The molecular weight excluding hydrogens is 490 g/mol. The van der Waals surface area contributed by atoms with Gasteiger partial charge in [-0.05, 0) is 86.8 Å². The highest BCUT2D eigenvalue weighted by molar-refractivity contribution is 5.82. The van der Waals surface area contributed by atoms with E-state index < -0.39 is 0 Å². The van der Waals surface area contributed by atoms with Gasteiger partial charge in [0.2, 0.25) is 0 Å². The molecule has 1 aromatic heterocycles. The van der Waals surface area contributed by atoms with Crippen LogP contribution in [0.25, 0.3) is 11.0 Å². The maximum Gasteiger partial charge on any atom is 0.306 e. The van der Waals surface area contributed by atoms with Crippen molar-refractivity contribution < 1.29 is 14.3 Å². The van der Waals surface area contributed by atoms with E-state index in [1.807, 2.05) is 32.4 Å². The van der Waals surface area contributed by atoms with Gasteiger partial charge in [0.15, 0.2) is 0 Å². The second kappa shape index (κ2) is 13.5. The highest BCUT2D eigenvalue weighted by Gasteiger charge is 2.23. The van der Waals surface area contributed by atoms with Gasteiger partial charge >= 0.3 is 5.97 Å². The van der Waals surface area contributed by atoms with Crippen LogP contribution in [0.3, 0.4) is 0 Å². The molecule has 3 aromatic rings. The number of hydrogen-bond donors (Lipinski definition) is 1. The summed E-state index contributed by atoms with van der Waals surface area (Å²) in [6.45, 7) is 10.8. The van der Waals surface area contributed by atoms with Gasteiger partial charge in [0.1, 0.15) is 5.52 Å². The quantitative estimate of drug-likeness (QED) is 0.259. The molecule has 0 spiro atoms. The smallest absolute Gasteiger partial charge is 0.306 e. The van der Waals surface area contributed by atoms with Crippen LogP contribution in [0.1, 0.15) is 73.3 Å². The minimum Gasteiger partial charge on any atom is -0.466 e. The number of hydrogen-bond acceptors (Lipinski definition) is 7. The molecule has 0 bridgehead atoms. The van der Waals surface area contributed by atoms with Crippen LogP contribution >= 0.6 is 0 Å². The average molecular weight is 532 g/mol. The Hall–Kier alpha value is -3.52. The Bertz CT molecular complexity index is 1340. The lowest BCUT2D eigenvalue weighted by Gasteiger charge is -2.21. The van der Waals surface area contributed by atoms with E-state index in [9.17, 15) is 4.79 Å². The molecule has 8 heteroatoms. The normalized spacial score (nSPS) is 15.7. The first-order valence-corrected chi connectivity index (χ1v) is 13.9. The summed E-state index contributed by atoms with van der Waals surface area (Å²) in [6.07, 6.45) is 7.27. The molecule has 2 heterocycles. The zero-order valence-corrected chi connectivity index (χ0v) is 23.9. The molecule has 1 atom stereocenters. The van der Waals surface area contributed by atoms with E-state index in [1.54, 1.807) is 4.68 Å². The molecule has 1 aliphatic rings. The van der Waals surface area contributed by atoms with Gasteiger partial charge in [-0.25, -0.2) is 4.68 Å². The highest BCUT2D eigenvalue weighted by Crippen LogP contribution is 2.34. The van der Waals surface area contributed by atoms with Gasteiger partial charge in [-0.2, -0.15) is 0 Å². The molecule has 1 unspecified atom stereocenters. The lowest BCUT2D eigenvalue weighted by molar-refractivity contribution is -0.143. The highest BCUT2D eigenvalue weighted by atomic mass is 16.5. The number of carbonyl (C=O) groups excluding carboxylic acids is 1. The molecular formula is C31H41N5O3. The number of nitrogens with zero attached hydrogens (tertiary/aromatic N) is 4. The van der Waals surface area contributed by atoms with E-state index in [0.717, 1.165) is 65.9 Å². The molecule has 1 N–H and O–H groups in total. The van der Waals surface area contributed by atoms with Gasteiger partial charge in [-0.1, -0.05) is 29.5 Å². The van der Waals surface area contributed by atoms with Crippen molar-refractivity contribution in [3.63, 3.8) is 0 Å². The largest absolute Gasteiger partial charge is 0.466 e.